The van der Waals surface area contributed by atoms with E-state index >= 15 is 0 Å². The zero-order chi connectivity index (χ0) is 8.04. The van der Waals surface area contributed by atoms with Gasteiger partial charge in [0.15, 0.2) is 0 Å². The lowest BCUT2D eigenvalue weighted by Gasteiger charge is -1.92. The van der Waals surface area contributed by atoms with Crippen molar-refractivity contribution in [1.29, 1.82) is 0 Å². The van der Waals surface area contributed by atoms with E-state index in [0.29, 0.717) is 0 Å². The van der Waals surface area contributed by atoms with Crippen LogP contribution >= 0.6 is 0 Å². The fourth-order valence-corrected chi connectivity index (χ4v) is 0.605. The summed E-state index contributed by atoms with van der Waals surface area (Å²) >= 11 is 0. The van der Waals surface area contributed by atoms with Crippen LogP contribution in [0.3, 0.4) is 0 Å². The summed E-state index contributed by atoms with van der Waals surface area (Å²) in [6, 6.07) is 0. The molecule has 4 heteroatoms. The first kappa shape index (κ1) is 9.21. The summed E-state index contributed by atoms with van der Waals surface area (Å²) < 4.78 is 24.9. The largest absolute Gasteiger partial charge is 0.266 e. The number of rotatable bonds is 3. The van der Waals surface area contributed by atoms with Gasteiger partial charge in [0.25, 0.3) is 10.1 Å². The molecule has 0 amide bonds. The normalized spacial score (nSPS) is 11.6. The van der Waals surface area contributed by atoms with Crippen LogP contribution in [-0.4, -0.2) is 21.3 Å². The molecule has 0 aromatic carbocycles. The van der Waals surface area contributed by atoms with E-state index < -0.39 is 10.1 Å². The molecule has 0 aliphatic heterocycles. The fourth-order valence-electron chi connectivity index (χ4n) is 0.279. The fraction of sp³-hybridized carbons (Fsp3) is 0.333. The molecule has 0 N–H and O–H groups in total. The second-order valence-electron chi connectivity index (χ2n) is 1.56. The summed E-state index contributed by atoms with van der Waals surface area (Å²) in [6.07, 6.45) is 8.65. The average molecular weight is 160 g/mol. The van der Waals surface area contributed by atoms with Gasteiger partial charge in [0.05, 0.1) is 12.9 Å². The van der Waals surface area contributed by atoms with Gasteiger partial charge in [-0.2, -0.15) is 8.42 Å². The molecule has 10 heavy (non-hydrogen) atoms. The SMILES string of the molecule is C#CC=CCOS(C)(=O)=O. The highest BCUT2D eigenvalue weighted by molar-refractivity contribution is 7.85. The molecule has 0 saturated carbocycles. The van der Waals surface area contributed by atoms with E-state index in [1.165, 1.54) is 12.2 Å². The molecule has 0 radical (unpaired) electrons. The van der Waals surface area contributed by atoms with Gasteiger partial charge in [-0.3, -0.25) is 4.18 Å². The predicted molar refractivity (Wildman–Crippen MR) is 38.8 cm³/mol. The third-order valence-electron chi connectivity index (χ3n) is 0.592. The molecule has 3 nitrogen and oxygen atoms in total. The van der Waals surface area contributed by atoms with E-state index in [2.05, 4.69) is 10.1 Å². The minimum absolute atomic E-state index is 0.00301. The van der Waals surface area contributed by atoms with Crippen molar-refractivity contribution >= 4 is 10.1 Å². The van der Waals surface area contributed by atoms with Crippen LogP contribution in [-0.2, 0) is 14.3 Å². The van der Waals surface area contributed by atoms with E-state index in [4.69, 9.17) is 6.42 Å². The highest BCUT2D eigenvalue weighted by atomic mass is 32.2. The molecule has 56 valence electrons. The Morgan fingerprint density at radius 3 is 2.70 bits per heavy atom. The van der Waals surface area contributed by atoms with Gasteiger partial charge in [0, 0.05) is 0 Å². The Labute approximate surface area is 60.8 Å². The first-order valence-corrected chi connectivity index (χ1v) is 4.33. The smallest absolute Gasteiger partial charge is 0.264 e. The first-order valence-electron chi connectivity index (χ1n) is 2.52. The average Bonchev–Trinajstić information content (AvgIpc) is 1.78. The minimum Gasteiger partial charge on any atom is -0.266 e. The van der Waals surface area contributed by atoms with Crippen molar-refractivity contribution in [1.82, 2.24) is 0 Å². The second kappa shape index (κ2) is 4.09. The molecule has 0 rings (SSSR count). The quantitative estimate of drug-likeness (QED) is 0.436. The van der Waals surface area contributed by atoms with Gasteiger partial charge < -0.3 is 0 Å². The summed E-state index contributed by atoms with van der Waals surface area (Å²) in [5, 5.41) is 0. The maximum Gasteiger partial charge on any atom is 0.264 e. The van der Waals surface area contributed by atoms with Crippen molar-refractivity contribution in [2.45, 2.75) is 0 Å². The first-order chi connectivity index (χ1) is 4.56. The van der Waals surface area contributed by atoms with Crippen molar-refractivity contribution in [2.75, 3.05) is 12.9 Å². The molecule has 0 bridgehead atoms. The van der Waals surface area contributed by atoms with Crippen molar-refractivity contribution in [3.63, 3.8) is 0 Å². The third-order valence-corrected chi connectivity index (χ3v) is 1.16. The topological polar surface area (TPSA) is 43.4 Å². The van der Waals surface area contributed by atoms with Gasteiger partial charge in [0.1, 0.15) is 0 Å². The monoisotopic (exact) mass is 160 g/mol. The van der Waals surface area contributed by atoms with Gasteiger partial charge in [-0.15, -0.1) is 6.42 Å². The van der Waals surface area contributed by atoms with Crippen LogP contribution in [0.1, 0.15) is 0 Å². The summed E-state index contributed by atoms with van der Waals surface area (Å²) in [6.45, 7) is 0.00301. The lowest BCUT2D eigenvalue weighted by Crippen LogP contribution is -2.01. The molecule has 0 saturated heterocycles. The second-order valence-corrected chi connectivity index (χ2v) is 3.20. The number of hydrogen-bond acceptors (Lipinski definition) is 3. The third kappa shape index (κ3) is 7.21. The zero-order valence-electron chi connectivity index (χ0n) is 5.57. The van der Waals surface area contributed by atoms with Crippen LogP contribution in [0, 0.1) is 12.3 Å². The van der Waals surface area contributed by atoms with Crippen LogP contribution in [0.4, 0.5) is 0 Å². The molecular weight excluding hydrogens is 152 g/mol. The summed E-state index contributed by atoms with van der Waals surface area (Å²) in [7, 11) is -3.32. The van der Waals surface area contributed by atoms with E-state index in [1.54, 1.807) is 0 Å². The number of terminal acetylenes is 1. The van der Waals surface area contributed by atoms with Crippen LogP contribution < -0.4 is 0 Å². The van der Waals surface area contributed by atoms with Crippen molar-refractivity contribution in [3.05, 3.63) is 12.2 Å². The van der Waals surface area contributed by atoms with Crippen LogP contribution in [0.15, 0.2) is 12.2 Å². The van der Waals surface area contributed by atoms with Gasteiger partial charge in [-0.25, -0.2) is 0 Å². The Hall–Kier alpha value is -0.790. The van der Waals surface area contributed by atoms with E-state index in [1.807, 2.05) is 0 Å². The summed E-state index contributed by atoms with van der Waals surface area (Å²) in [4.78, 5) is 0. The van der Waals surface area contributed by atoms with Crippen LogP contribution in [0.2, 0.25) is 0 Å². The standard InChI is InChI=1S/C6H8O3S/c1-3-4-5-6-9-10(2,7)8/h1,4-5H,6H2,2H3. The van der Waals surface area contributed by atoms with Gasteiger partial charge in [-0.1, -0.05) is 5.92 Å². The van der Waals surface area contributed by atoms with E-state index in [-0.39, 0.29) is 6.61 Å². The lowest BCUT2D eigenvalue weighted by molar-refractivity contribution is 0.361. The van der Waals surface area contributed by atoms with Gasteiger partial charge >= 0.3 is 0 Å². The molecule has 0 spiro atoms. The molecule has 0 atom stereocenters. The van der Waals surface area contributed by atoms with Gasteiger partial charge in [-0.05, 0) is 12.2 Å². The van der Waals surface area contributed by atoms with E-state index in [0.717, 1.165) is 6.26 Å². The Morgan fingerprint density at radius 1 is 1.70 bits per heavy atom. The van der Waals surface area contributed by atoms with Crippen molar-refractivity contribution < 1.29 is 12.6 Å². The summed E-state index contributed by atoms with van der Waals surface area (Å²) in [5.41, 5.74) is 0. The predicted octanol–water partition coefficient (Wildman–Crippen LogP) is 0.152. The maximum absolute atomic E-state index is 10.3. The van der Waals surface area contributed by atoms with Crippen LogP contribution in [0.5, 0.6) is 0 Å². The maximum atomic E-state index is 10.3. The molecule has 0 fully saturated rings. The Kier molecular flexibility index (Phi) is 3.77. The van der Waals surface area contributed by atoms with Crippen molar-refractivity contribution in [3.8, 4) is 12.3 Å². The molecule has 0 unspecified atom stereocenters. The Bertz CT molecular complexity index is 243. The van der Waals surface area contributed by atoms with Crippen LogP contribution in [0.25, 0.3) is 0 Å². The number of allylic oxidation sites excluding steroid dienone is 1. The van der Waals surface area contributed by atoms with Gasteiger partial charge in [0.2, 0.25) is 0 Å². The summed E-state index contributed by atoms with van der Waals surface area (Å²) in [5.74, 6) is 2.20. The highest BCUT2D eigenvalue weighted by Crippen LogP contribution is 1.85. The Morgan fingerprint density at radius 2 is 2.30 bits per heavy atom. The zero-order valence-corrected chi connectivity index (χ0v) is 6.39. The lowest BCUT2D eigenvalue weighted by atomic mass is 10.5. The molecule has 0 aliphatic rings. The Balaban J connectivity index is 3.61. The molecule has 0 aliphatic carbocycles. The molecule has 0 aromatic heterocycles. The van der Waals surface area contributed by atoms with Crippen molar-refractivity contribution in [2.24, 2.45) is 0 Å². The molecule has 0 aromatic rings. The molecular formula is C6H8O3S. The molecule has 0 heterocycles. The highest BCUT2D eigenvalue weighted by Gasteiger charge is 1.96. The van der Waals surface area contributed by atoms with E-state index in [9.17, 15) is 8.42 Å². The number of hydrogen-bond donors (Lipinski definition) is 0. The minimum atomic E-state index is -3.32.